The molecule has 1 fully saturated rings. The molecular formula is C20H26NO9SSe. The number of aliphatic hydroxyl groups excluding tert-OH is 1. The first kappa shape index (κ1) is 27.9. The van der Waals surface area contributed by atoms with Crippen LogP contribution in [0.4, 0.5) is 0 Å². The third-order valence-electron chi connectivity index (χ3n) is 3.93. The number of esters is 3. The van der Waals surface area contributed by atoms with E-state index < -0.39 is 54.5 Å². The summed E-state index contributed by atoms with van der Waals surface area (Å²) < 4.78 is 20.3. The van der Waals surface area contributed by atoms with Gasteiger partial charge in [-0.05, 0) is 0 Å². The summed E-state index contributed by atoms with van der Waals surface area (Å²) in [7, 11) is 1.64. The van der Waals surface area contributed by atoms with Gasteiger partial charge in [-0.1, -0.05) is 0 Å². The molecule has 177 valence electrons. The van der Waals surface area contributed by atoms with Crippen LogP contribution in [0.15, 0.2) is 35.2 Å². The summed E-state index contributed by atoms with van der Waals surface area (Å²) in [5, 5.41) is 12.5. The maximum absolute atomic E-state index is 11.4. The van der Waals surface area contributed by atoms with Gasteiger partial charge in [0.2, 0.25) is 5.91 Å². The summed E-state index contributed by atoms with van der Waals surface area (Å²) >= 11 is 2.88. The Morgan fingerprint density at radius 3 is 2.00 bits per heavy atom. The van der Waals surface area contributed by atoms with E-state index in [-0.39, 0.29) is 6.61 Å². The molecule has 0 aromatic heterocycles. The van der Waals surface area contributed by atoms with E-state index in [0.29, 0.717) is 0 Å². The van der Waals surface area contributed by atoms with E-state index in [1.165, 1.54) is 18.7 Å². The van der Waals surface area contributed by atoms with Gasteiger partial charge in [-0.2, -0.15) is 0 Å². The molecule has 0 bridgehead atoms. The van der Waals surface area contributed by atoms with E-state index >= 15 is 0 Å². The molecule has 1 aromatic carbocycles. The molecule has 1 saturated heterocycles. The van der Waals surface area contributed by atoms with Crippen LogP contribution in [0.25, 0.3) is 0 Å². The Morgan fingerprint density at radius 2 is 1.56 bits per heavy atom. The second kappa shape index (κ2) is 14.1. The minimum absolute atomic E-state index is 0.338. The van der Waals surface area contributed by atoms with E-state index in [4.69, 9.17) is 18.9 Å². The second-order valence-corrected chi connectivity index (χ2v) is 8.33. The number of carbonyl (C=O) groups excluding carboxylic acids is 4. The molecule has 2 N–H and O–H groups in total. The van der Waals surface area contributed by atoms with Crippen LogP contribution in [0.1, 0.15) is 27.7 Å². The Hall–Kier alpha value is -2.11. The van der Waals surface area contributed by atoms with Gasteiger partial charge in [-0.15, -0.1) is 0 Å². The first-order valence-electron chi connectivity index (χ1n) is 9.48. The number of amides is 1. The van der Waals surface area contributed by atoms with Crippen molar-refractivity contribution in [2.24, 2.45) is 0 Å². The summed E-state index contributed by atoms with van der Waals surface area (Å²) in [6.07, 6.45) is -5.06. The molecule has 1 aliphatic heterocycles. The molecule has 1 aromatic rings. The van der Waals surface area contributed by atoms with Crippen LogP contribution in [0, 0.1) is 0 Å². The number of benzene rings is 1. The van der Waals surface area contributed by atoms with Crippen molar-refractivity contribution in [3.63, 3.8) is 0 Å². The number of hydrogen-bond acceptors (Lipinski definition) is 10. The third-order valence-corrected chi connectivity index (χ3v) is 5.61. The zero-order valence-electron chi connectivity index (χ0n) is 18.0. The Kier molecular flexibility index (Phi) is 12.3. The number of hydrogen-bond donors (Lipinski definition) is 2. The molecule has 1 amide bonds. The van der Waals surface area contributed by atoms with Gasteiger partial charge in [-0.3, -0.25) is 19.2 Å². The molecule has 12 heteroatoms. The quantitative estimate of drug-likeness (QED) is 0.301. The van der Waals surface area contributed by atoms with Crippen LogP contribution in [0.3, 0.4) is 0 Å². The average molecular weight is 535 g/mol. The fourth-order valence-corrected chi connectivity index (χ4v) is 3.75. The van der Waals surface area contributed by atoms with Gasteiger partial charge in [0.15, 0.2) is 18.5 Å². The number of rotatable bonds is 6. The third kappa shape index (κ3) is 10.0. The molecular weight excluding hydrogens is 509 g/mol. The van der Waals surface area contributed by atoms with Gasteiger partial charge < -0.3 is 29.4 Å². The standard InChI is InChI=1S/C14H21NO9.C6H5SSe/c1-6(16)15-11-13(23-9(4)19)12(22-8(3)18)10(24-14(11)20)5-21-7(2)17;8-7-6-4-2-1-3-5-6/h10-14,20H,5H2,1-4H3,(H,15,16);1-5H/t10-,11-,12-,13-,14-;/m1./s1. The van der Waals surface area contributed by atoms with Crippen molar-refractivity contribution >= 4 is 48.9 Å². The second-order valence-electron chi connectivity index (χ2n) is 6.64. The van der Waals surface area contributed by atoms with Crippen LogP contribution in [0.2, 0.25) is 0 Å². The van der Waals surface area contributed by atoms with Gasteiger partial charge in [0, 0.05) is 27.7 Å². The van der Waals surface area contributed by atoms with Gasteiger partial charge in [0.25, 0.3) is 0 Å². The van der Waals surface area contributed by atoms with Crippen molar-refractivity contribution in [2.75, 3.05) is 6.61 Å². The molecule has 0 spiro atoms. The molecule has 1 aliphatic rings. The average Bonchev–Trinajstić information content (AvgIpc) is 2.71. The number of ether oxygens (including phenoxy) is 4. The summed E-state index contributed by atoms with van der Waals surface area (Å²) in [5.41, 5.74) is 0. The maximum atomic E-state index is 11.4. The summed E-state index contributed by atoms with van der Waals surface area (Å²) in [6, 6.07) is 9.05. The molecule has 5 atom stereocenters. The molecule has 0 unspecified atom stereocenters. The zero-order chi connectivity index (χ0) is 24.3. The van der Waals surface area contributed by atoms with Crippen LogP contribution < -0.4 is 5.32 Å². The van der Waals surface area contributed by atoms with Crippen LogP contribution in [-0.4, -0.2) is 81.1 Å². The monoisotopic (exact) mass is 536 g/mol. The van der Waals surface area contributed by atoms with Crippen LogP contribution >= 0.6 is 10.2 Å². The van der Waals surface area contributed by atoms with E-state index in [9.17, 15) is 24.3 Å². The van der Waals surface area contributed by atoms with Crippen molar-refractivity contribution in [3.8, 4) is 0 Å². The Morgan fingerprint density at radius 1 is 1.00 bits per heavy atom. The van der Waals surface area contributed by atoms with E-state index in [1.54, 1.807) is 10.2 Å². The van der Waals surface area contributed by atoms with Crippen molar-refractivity contribution in [3.05, 3.63) is 30.3 Å². The van der Waals surface area contributed by atoms with Gasteiger partial charge >= 0.3 is 78.2 Å². The molecule has 1 radical (unpaired) electrons. The SMILES string of the molecule is CC(=O)N[C@@H]1[C@@H](OC(C)=O)[C@H](OC(C)=O)[C@@H](COC(C)=O)O[C@H]1O.[Se]Sc1ccccc1. The first-order chi connectivity index (χ1) is 15.0. The Balaban J connectivity index is 0.000000533. The fourth-order valence-electron chi connectivity index (χ4n) is 2.78. The van der Waals surface area contributed by atoms with Crippen molar-refractivity contribution < 1.29 is 43.2 Å². The molecule has 0 saturated carbocycles. The van der Waals surface area contributed by atoms with E-state index in [2.05, 4.69) is 32.3 Å². The summed E-state index contributed by atoms with van der Waals surface area (Å²) in [5.74, 6) is -2.54. The minimum atomic E-state index is -1.56. The Labute approximate surface area is 197 Å². The van der Waals surface area contributed by atoms with Crippen LogP contribution in [0.5, 0.6) is 0 Å². The van der Waals surface area contributed by atoms with Gasteiger partial charge in [0.1, 0.15) is 18.8 Å². The molecule has 32 heavy (non-hydrogen) atoms. The van der Waals surface area contributed by atoms with Crippen LogP contribution in [-0.2, 0) is 38.1 Å². The summed E-state index contributed by atoms with van der Waals surface area (Å²) in [6.45, 7) is 4.28. The number of nitrogens with one attached hydrogen (secondary N) is 1. The van der Waals surface area contributed by atoms with Crippen molar-refractivity contribution in [2.45, 2.75) is 63.2 Å². The van der Waals surface area contributed by atoms with Gasteiger partial charge in [0.05, 0.1) is 0 Å². The Bertz CT molecular complexity index is 780. The van der Waals surface area contributed by atoms with Crippen molar-refractivity contribution in [1.82, 2.24) is 5.32 Å². The molecule has 10 nitrogen and oxygen atoms in total. The number of aliphatic hydroxyl groups is 1. The first-order valence-corrected chi connectivity index (χ1v) is 12.3. The van der Waals surface area contributed by atoms with Crippen molar-refractivity contribution in [1.29, 1.82) is 0 Å². The zero-order valence-corrected chi connectivity index (χ0v) is 20.5. The van der Waals surface area contributed by atoms with E-state index in [0.717, 1.165) is 13.8 Å². The molecule has 1 heterocycles. The summed E-state index contributed by atoms with van der Waals surface area (Å²) in [4.78, 5) is 46.3. The molecule has 0 aliphatic carbocycles. The molecule has 2 rings (SSSR count). The number of carbonyl (C=O) groups is 4. The fraction of sp³-hybridized carbons (Fsp3) is 0.500. The normalized spacial score (nSPS) is 24.2. The predicted octanol–water partition coefficient (Wildman–Crippen LogP) is 0.497. The van der Waals surface area contributed by atoms with Gasteiger partial charge in [-0.25, -0.2) is 0 Å². The van der Waals surface area contributed by atoms with E-state index in [1.807, 2.05) is 18.2 Å². The topological polar surface area (TPSA) is 137 Å². The predicted molar refractivity (Wildman–Crippen MR) is 114 cm³/mol.